The first-order valence-electron chi connectivity index (χ1n) is 6.85. The minimum atomic E-state index is -3.78. The molecule has 0 bridgehead atoms. The molecule has 0 saturated heterocycles. The van der Waals surface area contributed by atoms with Crippen molar-refractivity contribution in [2.45, 2.75) is 50.6 Å². The number of primary sulfonamides is 1. The molecule has 2 unspecified atom stereocenters. The highest BCUT2D eigenvalue weighted by Crippen LogP contribution is 2.25. The van der Waals surface area contributed by atoms with Gasteiger partial charge in [-0.2, -0.15) is 0 Å². The van der Waals surface area contributed by atoms with Gasteiger partial charge in [-0.15, -0.1) is 0 Å². The fraction of sp³-hybridized carbons (Fsp3) is 0.615. The Morgan fingerprint density at radius 1 is 1.50 bits per heavy atom. The molecular formula is C13H21N3O3S. The van der Waals surface area contributed by atoms with Crippen LogP contribution in [-0.2, 0) is 16.6 Å². The van der Waals surface area contributed by atoms with Crippen LogP contribution in [0.2, 0.25) is 0 Å². The highest BCUT2D eigenvalue weighted by Gasteiger charge is 2.25. The Kier molecular flexibility index (Phi) is 4.19. The molecule has 1 aromatic heterocycles. The van der Waals surface area contributed by atoms with Crippen molar-refractivity contribution >= 4 is 15.9 Å². The van der Waals surface area contributed by atoms with Crippen molar-refractivity contribution in [3.05, 3.63) is 18.0 Å². The fourth-order valence-corrected chi connectivity index (χ4v) is 3.24. The van der Waals surface area contributed by atoms with Crippen molar-refractivity contribution < 1.29 is 13.2 Å². The van der Waals surface area contributed by atoms with E-state index in [-0.39, 0.29) is 16.8 Å². The highest BCUT2D eigenvalue weighted by molar-refractivity contribution is 7.89. The van der Waals surface area contributed by atoms with E-state index < -0.39 is 10.0 Å². The van der Waals surface area contributed by atoms with Crippen molar-refractivity contribution in [3.63, 3.8) is 0 Å². The summed E-state index contributed by atoms with van der Waals surface area (Å²) >= 11 is 0. The van der Waals surface area contributed by atoms with Gasteiger partial charge in [0.2, 0.25) is 10.0 Å². The van der Waals surface area contributed by atoms with Crippen molar-refractivity contribution in [1.29, 1.82) is 0 Å². The van der Waals surface area contributed by atoms with E-state index >= 15 is 0 Å². The van der Waals surface area contributed by atoms with Crippen LogP contribution < -0.4 is 10.5 Å². The van der Waals surface area contributed by atoms with Gasteiger partial charge < -0.3 is 9.88 Å². The maximum Gasteiger partial charge on any atom is 0.268 e. The van der Waals surface area contributed by atoms with E-state index in [0.717, 1.165) is 19.3 Å². The first-order chi connectivity index (χ1) is 9.31. The summed E-state index contributed by atoms with van der Waals surface area (Å²) in [6.07, 6.45) is 4.46. The monoisotopic (exact) mass is 299 g/mol. The number of nitrogens with two attached hydrogens (primary N) is 1. The third-order valence-electron chi connectivity index (χ3n) is 3.80. The number of amides is 1. The molecule has 0 aliphatic heterocycles. The van der Waals surface area contributed by atoms with E-state index in [0.29, 0.717) is 18.2 Å². The summed E-state index contributed by atoms with van der Waals surface area (Å²) in [5.74, 6) is 0.388. The SMILES string of the molecule is CCn1cc(S(N)(=O)=O)cc1C(=O)NC1CCC(C)C1. The number of rotatable bonds is 4. The van der Waals surface area contributed by atoms with Gasteiger partial charge >= 0.3 is 0 Å². The molecule has 1 amide bonds. The van der Waals surface area contributed by atoms with Crippen LogP contribution in [0, 0.1) is 5.92 Å². The molecule has 3 N–H and O–H groups in total. The number of nitrogens with one attached hydrogen (secondary N) is 1. The Morgan fingerprint density at radius 3 is 2.70 bits per heavy atom. The Morgan fingerprint density at radius 2 is 2.20 bits per heavy atom. The number of aromatic nitrogens is 1. The molecule has 20 heavy (non-hydrogen) atoms. The molecule has 2 rings (SSSR count). The van der Waals surface area contributed by atoms with E-state index in [2.05, 4.69) is 12.2 Å². The first kappa shape index (κ1) is 15.1. The van der Waals surface area contributed by atoms with Crippen LogP contribution in [0.15, 0.2) is 17.2 Å². The third kappa shape index (κ3) is 3.21. The van der Waals surface area contributed by atoms with Crippen LogP contribution in [0.1, 0.15) is 43.6 Å². The third-order valence-corrected chi connectivity index (χ3v) is 4.68. The number of carbonyl (C=O) groups is 1. The summed E-state index contributed by atoms with van der Waals surface area (Å²) < 4.78 is 24.3. The second kappa shape index (κ2) is 5.57. The number of hydrogen-bond donors (Lipinski definition) is 2. The Labute approximate surface area is 119 Å². The Hall–Kier alpha value is -1.34. The van der Waals surface area contributed by atoms with Crippen LogP contribution in [0.4, 0.5) is 0 Å². The zero-order chi connectivity index (χ0) is 14.9. The molecule has 112 valence electrons. The normalized spacial score (nSPS) is 22.9. The van der Waals surface area contributed by atoms with Crippen molar-refractivity contribution in [3.8, 4) is 0 Å². The molecular weight excluding hydrogens is 278 g/mol. The minimum absolute atomic E-state index is 0.0238. The molecule has 1 saturated carbocycles. The van der Waals surface area contributed by atoms with Gasteiger partial charge in [-0.1, -0.05) is 6.92 Å². The van der Waals surface area contributed by atoms with Crippen molar-refractivity contribution in [1.82, 2.24) is 9.88 Å². The zero-order valence-electron chi connectivity index (χ0n) is 11.8. The predicted molar refractivity (Wildman–Crippen MR) is 75.7 cm³/mol. The number of hydrogen-bond acceptors (Lipinski definition) is 3. The maximum atomic E-state index is 12.3. The summed E-state index contributed by atoms with van der Waals surface area (Å²) in [5.41, 5.74) is 0.344. The molecule has 1 fully saturated rings. The predicted octanol–water partition coefficient (Wildman–Crippen LogP) is 1.07. The minimum Gasteiger partial charge on any atom is -0.348 e. The molecule has 2 atom stereocenters. The molecule has 7 heteroatoms. The zero-order valence-corrected chi connectivity index (χ0v) is 12.6. The van der Waals surface area contributed by atoms with Gasteiger partial charge in [0.15, 0.2) is 0 Å². The van der Waals surface area contributed by atoms with E-state index in [1.807, 2.05) is 6.92 Å². The van der Waals surface area contributed by atoms with E-state index in [9.17, 15) is 13.2 Å². The summed E-state index contributed by atoms with van der Waals surface area (Å²) in [6.45, 7) is 4.53. The van der Waals surface area contributed by atoms with Gasteiger partial charge in [-0.25, -0.2) is 13.6 Å². The molecule has 6 nitrogen and oxygen atoms in total. The summed E-state index contributed by atoms with van der Waals surface area (Å²) in [4.78, 5) is 12.2. The van der Waals surface area contributed by atoms with Crippen LogP contribution in [0.25, 0.3) is 0 Å². The lowest BCUT2D eigenvalue weighted by atomic mass is 10.1. The Balaban J connectivity index is 2.19. The van der Waals surface area contributed by atoms with Gasteiger partial charge in [0.1, 0.15) is 10.6 Å². The number of carbonyl (C=O) groups excluding carboxylic acids is 1. The Bertz CT molecular complexity index is 606. The molecule has 1 heterocycles. The van der Waals surface area contributed by atoms with E-state index in [1.165, 1.54) is 12.3 Å². The van der Waals surface area contributed by atoms with Crippen molar-refractivity contribution in [2.75, 3.05) is 0 Å². The number of aryl methyl sites for hydroxylation is 1. The summed E-state index contributed by atoms with van der Waals surface area (Å²) in [7, 11) is -3.78. The van der Waals surface area contributed by atoms with E-state index in [4.69, 9.17) is 5.14 Å². The standard InChI is InChI=1S/C13H21N3O3S/c1-3-16-8-11(20(14,18)19)7-12(16)13(17)15-10-5-4-9(2)6-10/h7-10H,3-6H2,1-2H3,(H,15,17)(H2,14,18,19). The van der Waals surface area contributed by atoms with Gasteiger partial charge in [0, 0.05) is 18.8 Å². The lowest BCUT2D eigenvalue weighted by molar-refractivity contribution is 0.0928. The van der Waals surface area contributed by atoms with Crippen LogP contribution in [0.3, 0.4) is 0 Å². The molecule has 0 radical (unpaired) electrons. The van der Waals surface area contributed by atoms with Crippen molar-refractivity contribution in [2.24, 2.45) is 11.1 Å². The van der Waals surface area contributed by atoms with Crippen LogP contribution >= 0.6 is 0 Å². The largest absolute Gasteiger partial charge is 0.348 e. The van der Waals surface area contributed by atoms with Gasteiger partial charge in [0.25, 0.3) is 5.91 Å². The second-order valence-corrected chi connectivity index (χ2v) is 7.04. The molecule has 1 aliphatic rings. The topological polar surface area (TPSA) is 94.2 Å². The van der Waals surface area contributed by atoms with Gasteiger partial charge in [-0.05, 0) is 38.2 Å². The van der Waals surface area contributed by atoms with E-state index in [1.54, 1.807) is 4.57 Å². The summed E-state index contributed by atoms with van der Waals surface area (Å²) in [5, 5.41) is 8.07. The average Bonchev–Trinajstić information content (AvgIpc) is 2.94. The lowest BCUT2D eigenvalue weighted by Crippen LogP contribution is -2.34. The maximum absolute atomic E-state index is 12.3. The highest BCUT2D eigenvalue weighted by atomic mass is 32.2. The average molecular weight is 299 g/mol. The second-order valence-electron chi connectivity index (χ2n) is 5.48. The number of sulfonamides is 1. The lowest BCUT2D eigenvalue weighted by Gasteiger charge is -2.13. The molecule has 1 aliphatic carbocycles. The summed E-state index contributed by atoms with van der Waals surface area (Å²) in [6, 6.07) is 1.52. The quantitative estimate of drug-likeness (QED) is 0.870. The molecule has 0 spiro atoms. The molecule has 1 aromatic rings. The van der Waals surface area contributed by atoms with Gasteiger partial charge in [-0.3, -0.25) is 4.79 Å². The van der Waals surface area contributed by atoms with Gasteiger partial charge in [0.05, 0.1) is 0 Å². The first-order valence-corrected chi connectivity index (χ1v) is 8.39. The van der Waals surface area contributed by atoms with Crippen LogP contribution in [-0.4, -0.2) is 24.9 Å². The smallest absolute Gasteiger partial charge is 0.268 e. The van der Waals surface area contributed by atoms with Crippen LogP contribution in [0.5, 0.6) is 0 Å². The molecule has 0 aromatic carbocycles. The fourth-order valence-electron chi connectivity index (χ4n) is 2.69. The number of nitrogens with zero attached hydrogens (tertiary/aromatic N) is 1.